The van der Waals surface area contributed by atoms with Crippen molar-refractivity contribution in [3.63, 3.8) is 0 Å². The molecular formula is C15H15ClN4O. The van der Waals surface area contributed by atoms with E-state index in [9.17, 15) is 0 Å². The smallest absolute Gasteiger partial charge is 0.234 e. The molecule has 2 heterocycles. The number of fused-ring (bicyclic) bond motifs is 1. The minimum absolute atomic E-state index is 0.122. The fraction of sp³-hybridized carbons (Fsp3) is 0.267. The van der Waals surface area contributed by atoms with E-state index in [1.165, 1.54) is 11.1 Å². The summed E-state index contributed by atoms with van der Waals surface area (Å²) in [5.41, 5.74) is 3.04. The number of hydrogen-bond donors (Lipinski definition) is 1. The third-order valence-corrected chi connectivity index (χ3v) is 3.49. The van der Waals surface area contributed by atoms with Gasteiger partial charge in [-0.3, -0.25) is 5.10 Å². The monoisotopic (exact) mass is 302 g/mol. The molecule has 0 aliphatic rings. The molecule has 21 heavy (non-hydrogen) atoms. The summed E-state index contributed by atoms with van der Waals surface area (Å²) in [7, 11) is 0. The van der Waals surface area contributed by atoms with Crippen molar-refractivity contribution in [2.24, 2.45) is 0 Å². The van der Waals surface area contributed by atoms with E-state index < -0.39 is 0 Å². The summed E-state index contributed by atoms with van der Waals surface area (Å²) in [5, 5.41) is 7.51. The third kappa shape index (κ3) is 2.69. The van der Waals surface area contributed by atoms with Crippen molar-refractivity contribution in [1.82, 2.24) is 20.2 Å². The molecule has 0 amide bonds. The van der Waals surface area contributed by atoms with E-state index in [4.69, 9.17) is 16.3 Å². The zero-order valence-electron chi connectivity index (χ0n) is 12.0. The third-order valence-electron chi connectivity index (χ3n) is 3.33. The predicted octanol–water partition coefficient (Wildman–Crippen LogP) is 4.23. The molecule has 0 bridgehead atoms. The van der Waals surface area contributed by atoms with Crippen LogP contribution in [0, 0.1) is 6.92 Å². The van der Waals surface area contributed by atoms with Crippen LogP contribution in [-0.4, -0.2) is 20.2 Å². The lowest BCUT2D eigenvalue weighted by atomic mass is 9.98. The number of nitrogens with one attached hydrogen (secondary N) is 1. The van der Waals surface area contributed by atoms with Crippen molar-refractivity contribution >= 4 is 22.6 Å². The second kappa shape index (κ2) is 5.33. The first-order valence-corrected chi connectivity index (χ1v) is 7.07. The summed E-state index contributed by atoms with van der Waals surface area (Å²) in [6.45, 7) is 6.41. The summed E-state index contributed by atoms with van der Waals surface area (Å²) in [6.07, 6.45) is 1.62. The van der Waals surface area contributed by atoms with Gasteiger partial charge in [-0.1, -0.05) is 19.9 Å². The van der Waals surface area contributed by atoms with Gasteiger partial charge >= 0.3 is 0 Å². The Morgan fingerprint density at radius 3 is 2.76 bits per heavy atom. The molecule has 0 saturated carbocycles. The van der Waals surface area contributed by atoms with Crippen LogP contribution in [0.3, 0.4) is 0 Å². The minimum atomic E-state index is 0.122. The predicted molar refractivity (Wildman–Crippen MR) is 82.0 cm³/mol. The van der Waals surface area contributed by atoms with Crippen LogP contribution < -0.4 is 4.74 Å². The van der Waals surface area contributed by atoms with Crippen LogP contribution >= 0.6 is 11.6 Å². The van der Waals surface area contributed by atoms with E-state index in [0.29, 0.717) is 28.6 Å². The first-order valence-electron chi connectivity index (χ1n) is 6.69. The molecule has 0 atom stereocenters. The van der Waals surface area contributed by atoms with Gasteiger partial charge in [0, 0.05) is 0 Å². The molecule has 0 unspecified atom stereocenters. The fourth-order valence-electron chi connectivity index (χ4n) is 2.33. The number of ether oxygens (including phenoxy) is 1. The summed E-state index contributed by atoms with van der Waals surface area (Å²) < 4.78 is 5.85. The first kappa shape index (κ1) is 13.8. The Balaban J connectivity index is 1.99. The number of aromatic amines is 1. The zero-order valence-corrected chi connectivity index (χ0v) is 12.8. The SMILES string of the molecule is Cc1cc(Oc2nc(Cl)nc3[nH]ncc23)ccc1C(C)C. The second-order valence-corrected chi connectivity index (χ2v) is 5.54. The maximum absolute atomic E-state index is 5.90. The molecule has 3 rings (SSSR count). The number of halogens is 1. The Labute approximate surface area is 127 Å². The van der Waals surface area contributed by atoms with Crippen LogP contribution in [0.5, 0.6) is 11.6 Å². The van der Waals surface area contributed by atoms with Gasteiger partial charge in [-0.2, -0.15) is 15.1 Å². The van der Waals surface area contributed by atoms with Crippen molar-refractivity contribution < 1.29 is 4.74 Å². The zero-order chi connectivity index (χ0) is 15.0. The number of aromatic nitrogens is 4. The highest BCUT2D eigenvalue weighted by atomic mass is 35.5. The highest BCUT2D eigenvalue weighted by Crippen LogP contribution is 2.30. The first-order chi connectivity index (χ1) is 10.0. The van der Waals surface area contributed by atoms with Gasteiger partial charge in [0.15, 0.2) is 5.65 Å². The Morgan fingerprint density at radius 1 is 1.24 bits per heavy atom. The molecule has 0 aliphatic carbocycles. The van der Waals surface area contributed by atoms with E-state index in [0.717, 1.165) is 0 Å². The van der Waals surface area contributed by atoms with E-state index in [1.54, 1.807) is 6.20 Å². The van der Waals surface area contributed by atoms with Gasteiger partial charge in [0.2, 0.25) is 11.2 Å². The fourth-order valence-corrected chi connectivity index (χ4v) is 2.49. The lowest BCUT2D eigenvalue weighted by Gasteiger charge is -2.12. The van der Waals surface area contributed by atoms with E-state index in [-0.39, 0.29) is 5.28 Å². The van der Waals surface area contributed by atoms with Crippen molar-refractivity contribution in [3.8, 4) is 11.6 Å². The maximum Gasteiger partial charge on any atom is 0.234 e. The Kier molecular flexibility index (Phi) is 3.51. The van der Waals surface area contributed by atoms with Gasteiger partial charge in [-0.05, 0) is 47.7 Å². The summed E-state index contributed by atoms with van der Waals surface area (Å²) in [4.78, 5) is 8.18. The molecule has 0 radical (unpaired) electrons. The van der Waals surface area contributed by atoms with E-state index >= 15 is 0 Å². The molecule has 0 spiro atoms. The Bertz CT molecular complexity index is 797. The molecule has 5 nitrogen and oxygen atoms in total. The summed E-state index contributed by atoms with van der Waals surface area (Å²) in [6, 6.07) is 6.01. The molecule has 2 aromatic heterocycles. The molecule has 1 N–H and O–H groups in total. The maximum atomic E-state index is 5.90. The van der Waals surface area contributed by atoms with Crippen LogP contribution in [0.15, 0.2) is 24.4 Å². The van der Waals surface area contributed by atoms with Crippen LogP contribution in [0.1, 0.15) is 30.9 Å². The van der Waals surface area contributed by atoms with Crippen molar-refractivity contribution in [1.29, 1.82) is 0 Å². The number of rotatable bonds is 3. The van der Waals surface area contributed by atoms with Gasteiger partial charge < -0.3 is 4.74 Å². The van der Waals surface area contributed by atoms with Gasteiger partial charge in [0.1, 0.15) is 11.1 Å². The molecule has 3 aromatic rings. The van der Waals surface area contributed by atoms with Crippen molar-refractivity contribution in [2.45, 2.75) is 26.7 Å². The average molecular weight is 303 g/mol. The number of aryl methyl sites for hydroxylation is 1. The van der Waals surface area contributed by atoms with Crippen molar-refractivity contribution in [2.75, 3.05) is 0 Å². The largest absolute Gasteiger partial charge is 0.438 e. The van der Waals surface area contributed by atoms with Gasteiger partial charge in [0.25, 0.3) is 0 Å². The molecule has 108 valence electrons. The molecule has 0 aliphatic heterocycles. The highest BCUT2D eigenvalue weighted by molar-refractivity contribution is 6.28. The number of H-pyrrole nitrogens is 1. The lowest BCUT2D eigenvalue weighted by molar-refractivity contribution is 0.467. The highest BCUT2D eigenvalue weighted by Gasteiger charge is 2.12. The van der Waals surface area contributed by atoms with Crippen LogP contribution in [0.2, 0.25) is 5.28 Å². The Hall–Kier alpha value is -2.14. The summed E-state index contributed by atoms with van der Waals surface area (Å²) >= 11 is 5.90. The molecule has 6 heteroatoms. The second-order valence-electron chi connectivity index (χ2n) is 5.21. The van der Waals surface area contributed by atoms with Crippen LogP contribution in [0.4, 0.5) is 0 Å². The standard InChI is InChI=1S/C15H15ClN4O/c1-8(2)11-5-4-10(6-9(11)3)21-14-12-7-17-20-13(12)18-15(16)19-14/h4-8H,1-3H3,(H,17,18,19,20). The van der Waals surface area contributed by atoms with Crippen LogP contribution in [-0.2, 0) is 0 Å². The van der Waals surface area contributed by atoms with E-state index in [2.05, 4.69) is 47.0 Å². The van der Waals surface area contributed by atoms with E-state index in [1.807, 2.05) is 12.1 Å². The molecule has 1 aromatic carbocycles. The normalized spacial score (nSPS) is 11.3. The lowest BCUT2D eigenvalue weighted by Crippen LogP contribution is -1.95. The van der Waals surface area contributed by atoms with Gasteiger partial charge in [-0.15, -0.1) is 0 Å². The quantitative estimate of drug-likeness (QED) is 0.735. The number of hydrogen-bond acceptors (Lipinski definition) is 4. The van der Waals surface area contributed by atoms with Gasteiger partial charge in [0.05, 0.1) is 6.20 Å². The van der Waals surface area contributed by atoms with Crippen molar-refractivity contribution in [3.05, 3.63) is 40.8 Å². The molecule has 0 fully saturated rings. The molecule has 0 saturated heterocycles. The average Bonchev–Trinajstić information content (AvgIpc) is 2.86. The Morgan fingerprint density at radius 2 is 2.05 bits per heavy atom. The topological polar surface area (TPSA) is 63.7 Å². The van der Waals surface area contributed by atoms with Gasteiger partial charge in [-0.25, -0.2) is 0 Å². The van der Waals surface area contributed by atoms with Crippen LogP contribution in [0.25, 0.3) is 11.0 Å². The molecular weight excluding hydrogens is 288 g/mol. The minimum Gasteiger partial charge on any atom is -0.438 e. The number of benzene rings is 1. The summed E-state index contributed by atoms with van der Waals surface area (Å²) in [5.74, 6) is 1.60. The number of nitrogens with zero attached hydrogens (tertiary/aromatic N) is 3.